The van der Waals surface area contributed by atoms with E-state index in [0.29, 0.717) is 18.8 Å². The van der Waals surface area contributed by atoms with Crippen LogP contribution in [0.15, 0.2) is 24.4 Å². The number of ether oxygens (including phenoxy) is 1. The van der Waals surface area contributed by atoms with Crippen LogP contribution in [-0.4, -0.2) is 26.7 Å². The first-order chi connectivity index (χ1) is 8.67. The van der Waals surface area contributed by atoms with Gasteiger partial charge in [0.15, 0.2) is 0 Å². The van der Waals surface area contributed by atoms with Gasteiger partial charge >= 0.3 is 0 Å². The molecule has 0 aliphatic heterocycles. The normalized spacial score (nSPS) is 10.6. The van der Waals surface area contributed by atoms with Crippen LogP contribution in [0.2, 0.25) is 0 Å². The van der Waals surface area contributed by atoms with Gasteiger partial charge in [0.2, 0.25) is 0 Å². The average molecular weight is 247 g/mol. The summed E-state index contributed by atoms with van der Waals surface area (Å²) in [7, 11) is 0. The van der Waals surface area contributed by atoms with E-state index in [0.717, 1.165) is 5.75 Å². The Morgan fingerprint density at radius 3 is 2.56 bits per heavy atom. The van der Waals surface area contributed by atoms with E-state index in [1.165, 1.54) is 11.1 Å². The van der Waals surface area contributed by atoms with Gasteiger partial charge in [-0.1, -0.05) is 11.3 Å². The molecule has 2 aromatic rings. The Labute approximate surface area is 106 Å². The molecule has 0 aliphatic carbocycles. The predicted molar refractivity (Wildman–Crippen MR) is 67.4 cm³/mol. The van der Waals surface area contributed by atoms with Crippen molar-refractivity contribution in [3.8, 4) is 5.75 Å². The topological polar surface area (TPSA) is 60.2 Å². The molecule has 0 unspecified atom stereocenters. The van der Waals surface area contributed by atoms with Gasteiger partial charge in [0.05, 0.1) is 19.3 Å². The second kappa shape index (κ2) is 5.64. The first kappa shape index (κ1) is 12.6. The maximum atomic E-state index is 8.87. The van der Waals surface area contributed by atoms with Crippen LogP contribution >= 0.6 is 0 Å². The van der Waals surface area contributed by atoms with Crippen LogP contribution in [0.1, 0.15) is 16.8 Å². The summed E-state index contributed by atoms with van der Waals surface area (Å²) in [4.78, 5) is 0. The summed E-state index contributed by atoms with van der Waals surface area (Å²) < 4.78 is 7.32. The number of hydrogen-bond donors (Lipinski definition) is 1. The van der Waals surface area contributed by atoms with Crippen LogP contribution in [0.25, 0.3) is 0 Å². The summed E-state index contributed by atoms with van der Waals surface area (Å²) in [6.07, 6.45) is 1.71. The highest BCUT2D eigenvalue weighted by molar-refractivity contribution is 5.32. The van der Waals surface area contributed by atoms with Crippen molar-refractivity contribution in [3.63, 3.8) is 0 Å². The summed E-state index contributed by atoms with van der Waals surface area (Å²) in [5.41, 5.74) is 2.95. The molecule has 0 radical (unpaired) electrons. The Morgan fingerprint density at radius 2 is 1.94 bits per heavy atom. The standard InChI is InChI=1S/C13H17N3O2/c1-10-5-11(2)7-13(6-10)18-4-3-16-8-12(9-17)14-15-16/h5-8,17H,3-4,9H2,1-2H3. The van der Waals surface area contributed by atoms with Gasteiger partial charge < -0.3 is 9.84 Å². The molecule has 0 atom stereocenters. The van der Waals surface area contributed by atoms with Gasteiger partial charge in [-0.15, -0.1) is 5.10 Å². The minimum atomic E-state index is -0.0854. The zero-order valence-corrected chi connectivity index (χ0v) is 10.6. The first-order valence-electron chi connectivity index (χ1n) is 5.88. The molecule has 1 aromatic carbocycles. The van der Waals surface area contributed by atoms with E-state index in [4.69, 9.17) is 9.84 Å². The van der Waals surface area contributed by atoms with E-state index in [2.05, 4.69) is 16.4 Å². The molecule has 96 valence electrons. The zero-order valence-electron chi connectivity index (χ0n) is 10.6. The van der Waals surface area contributed by atoms with Crippen molar-refractivity contribution >= 4 is 0 Å². The van der Waals surface area contributed by atoms with Gasteiger partial charge in [-0.3, -0.25) is 0 Å². The molecule has 5 heteroatoms. The molecule has 1 aromatic heterocycles. The van der Waals surface area contributed by atoms with Gasteiger partial charge in [0.1, 0.15) is 18.1 Å². The van der Waals surface area contributed by atoms with E-state index in [1.807, 2.05) is 26.0 Å². The number of aryl methyl sites for hydroxylation is 2. The number of nitrogens with zero attached hydrogens (tertiary/aromatic N) is 3. The highest BCUT2D eigenvalue weighted by Gasteiger charge is 2.00. The molecule has 0 bridgehead atoms. The van der Waals surface area contributed by atoms with Crippen LogP contribution in [-0.2, 0) is 13.2 Å². The van der Waals surface area contributed by atoms with Crippen molar-refractivity contribution in [2.75, 3.05) is 6.61 Å². The third-order valence-corrected chi connectivity index (χ3v) is 2.53. The minimum absolute atomic E-state index is 0.0854. The fourth-order valence-electron chi connectivity index (χ4n) is 1.79. The first-order valence-corrected chi connectivity index (χ1v) is 5.88. The highest BCUT2D eigenvalue weighted by Crippen LogP contribution is 2.16. The predicted octanol–water partition coefficient (Wildman–Crippen LogP) is 1.47. The van der Waals surface area contributed by atoms with Crippen molar-refractivity contribution in [2.24, 2.45) is 0 Å². The van der Waals surface area contributed by atoms with E-state index >= 15 is 0 Å². The van der Waals surface area contributed by atoms with E-state index in [1.54, 1.807) is 10.9 Å². The lowest BCUT2D eigenvalue weighted by Crippen LogP contribution is -2.08. The van der Waals surface area contributed by atoms with Crippen molar-refractivity contribution in [3.05, 3.63) is 41.2 Å². The zero-order chi connectivity index (χ0) is 13.0. The van der Waals surface area contributed by atoms with E-state index in [9.17, 15) is 0 Å². The van der Waals surface area contributed by atoms with Crippen LogP contribution in [0.4, 0.5) is 0 Å². The van der Waals surface area contributed by atoms with E-state index < -0.39 is 0 Å². The van der Waals surface area contributed by atoms with Crippen molar-refractivity contribution in [1.82, 2.24) is 15.0 Å². The van der Waals surface area contributed by atoms with Gasteiger partial charge in [-0.25, -0.2) is 4.68 Å². The lowest BCUT2D eigenvalue weighted by molar-refractivity contribution is 0.276. The highest BCUT2D eigenvalue weighted by atomic mass is 16.5. The molecular weight excluding hydrogens is 230 g/mol. The van der Waals surface area contributed by atoms with Gasteiger partial charge in [-0.05, 0) is 37.1 Å². The third kappa shape index (κ3) is 3.30. The quantitative estimate of drug-likeness (QED) is 0.869. The number of benzene rings is 1. The molecule has 0 amide bonds. The molecule has 0 fully saturated rings. The van der Waals surface area contributed by atoms with Gasteiger partial charge in [0, 0.05) is 0 Å². The Balaban J connectivity index is 1.88. The smallest absolute Gasteiger partial charge is 0.119 e. The third-order valence-electron chi connectivity index (χ3n) is 2.53. The second-order valence-corrected chi connectivity index (χ2v) is 4.30. The SMILES string of the molecule is Cc1cc(C)cc(OCCn2cc(CO)nn2)c1. The van der Waals surface area contributed by atoms with Gasteiger partial charge in [0.25, 0.3) is 0 Å². The second-order valence-electron chi connectivity index (χ2n) is 4.30. The Bertz CT molecular complexity index is 502. The molecule has 0 saturated carbocycles. The van der Waals surface area contributed by atoms with Crippen LogP contribution in [0.5, 0.6) is 5.75 Å². The number of aromatic nitrogens is 3. The molecule has 5 nitrogen and oxygen atoms in total. The summed E-state index contributed by atoms with van der Waals surface area (Å²) in [5.74, 6) is 0.870. The van der Waals surface area contributed by atoms with E-state index in [-0.39, 0.29) is 6.61 Å². The maximum absolute atomic E-state index is 8.87. The maximum Gasteiger partial charge on any atom is 0.119 e. The molecule has 18 heavy (non-hydrogen) atoms. The molecule has 1 N–H and O–H groups in total. The number of hydrogen-bond acceptors (Lipinski definition) is 4. The number of rotatable bonds is 5. The summed E-state index contributed by atoms with van der Waals surface area (Å²) in [5, 5.41) is 16.5. The summed E-state index contributed by atoms with van der Waals surface area (Å²) in [6, 6.07) is 6.12. The summed E-state index contributed by atoms with van der Waals surface area (Å²) >= 11 is 0. The van der Waals surface area contributed by atoms with Crippen LogP contribution in [0.3, 0.4) is 0 Å². The molecule has 2 rings (SSSR count). The molecular formula is C13H17N3O2. The van der Waals surface area contributed by atoms with Gasteiger partial charge in [-0.2, -0.15) is 0 Å². The fourth-order valence-corrected chi connectivity index (χ4v) is 1.79. The average Bonchev–Trinajstić information content (AvgIpc) is 2.76. The van der Waals surface area contributed by atoms with Crippen LogP contribution in [0, 0.1) is 13.8 Å². The summed E-state index contributed by atoms with van der Waals surface area (Å²) in [6.45, 7) is 5.14. The number of aliphatic hydroxyl groups excluding tert-OH is 1. The van der Waals surface area contributed by atoms with Crippen molar-refractivity contribution in [1.29, 1.82) is 0 Å². The van der Waals surface area contributed by atoms with Crippen LogP contribution < -0.4 is 4.74 Å². The molecule has 0 saturated heterocycles. The Hall–Kier alpha value is -1.88. The fraction of sp³-hybridized carbons (Fsp3) is 0.385. The number of aliphatic hydroxyl groups is 1. The van der Waals surface area contributed by atoms with Crippen molar-refractivity contribution in [2.45, 2.75) is 27.0 Å². The molecule has 0 spiro atoms. The van der Waals surface area contributed by atoms with Crippen molar-refractivity contribution < 1.29 is 9.84 Å². The monoisotopic (exact) mass is 247 g/mol. The minimum Gasteiger partial charge on any atom is -0.492 e. The largest absolute Gasteiger partial charge is 0.492 e. The Morgan fingerprint density at radius 1 is 1.22 bits per heavy atom. The molecule has 0 aliphatic rings. The lowest BCUT2D eigenvalue weighted by Gasteiger charge is -2.07. The molecule has 1 heterocycles. The Kier molecular flexibility index (Phi) is 3.94. The lowest BCUT2D eigenvalue weighted by atomic mass is 10.1.